The van der Waals surface area contributed by atoms with Gasteiger partial charge in [0.05, 0.1) is 7.11 Å². The highest BCUT2D eigenvalue weighted by Gasteiger charge is 2.26. The Bertz CT molecular complexity index is 587. The largest absolute Gasteiger partial charge is 0.495 e. The second-order valence-electron chi connectivity index (χ2n) is 5.78. The first kappa shape index (κ1) is 16.3. The van der Waals surface area contributed by atoms with Crippen molar-refractivity contribution in [2.75, 3.05) is 7.11 Å². The molecule has 21 heavy (non-hydrogen) atoms. The highest BCUT2D eigenvalue weighted by Crippen LogP contribution is 2.28. The molecule has 6 heteroatoms. The number of ether oxygens (including phenoxy) is 1. The fourth-order valence-electron chi connectivity index (χ4n) is 2.88. The molecule has 118 valence electrons. The molecule has 2 atom stereocenters. The van der Waals surface area contributed by atoms with E-state index in [0.717, 1.165) is 24.8 Å². The third-order valence-corrected chi connectivity index (χ3v) is 5.55. The zero-order valence-corrected chi connectivity index (χ0v) is 13.4. The van der Waals surface area contributed by atoms with Crippen molar-refractivity contribution in [2.45, 2.75) is 50.1 Å². The third kappa shape index (κ3) is 3.96. The molecule has 0 spiro atoms. The average Bonchev–Trinajstić information content (AvgIpc) is 2.46. The maximum Gasteiger partial charge on any atom is 0.244 e. The fraction of sp³-hybridized carbons (Fsp3) is 0.600. The lowest BCUT2D eigenvalue weighted by atomic mass is 9.88. The lowest BCUT2D eigenvalue weighted by Gasteiger charge is -2.27. The summed E-state index contributed by atoms with van der Waals surface area (Å²) < 4.78 is 33.2. The highest BCUT2D eigenvalue weighted by atomic mass is 32.2. The summed E-state index contributed by atoms with van der Waals surface area (Å²) in [6.45, 7) is 2.46. The Morgan fingerprint density at radius 2 is 2.14 bits per heavy atom. The van der Waals surface area contributed by atoms with Gasteiger partial charge in [0.2, 0.25) is 10.0 Å². The van der Waals surface area contributed by atoms with Crippen molar-refractivity contribution < 1.29 is 13.2 Å². The predicted molar refractivity (Wildman–Crippen MR) is 82.6 cm³/mol. The van der Waals surface area contributed by atoms with Gasteiger partial charge >= 0.3 is 0 Å². The van der Waals surface area contributed by atoms with Crippen LogP contribution >= 0.6 is 0 Å². The van der Waals surface area contributed by atoms with Crippen molar-refractivity contribution in [1.82, 2.24) is 4.72 Å². The zero-order valence-electron chi connectivity index (χ0n) is 12.6. The standard InChI is InChI=1S/C15H24N2O3S/c1-11-4-3-5-13(8-11)17-21(18,19)15-9-12(10-16)6-7-14(15)20-2/h6-7,9,11,13,17H,3-5,8,10,16H2,1-2H3. The van der Waals surface area contributed by atoms with E-state index in [-0.39, 0.29) is 10.9 Å². The Morgan fingerprint density at radius 3 is 2.76 bits per heavy atom. The number of rotatable bonds is 5. The number of hydrogen-bond donors (Lipinski definition) is 2. The smallest absolute Gasteiger partial charge is 0.244 e. The molecule has 0 aliphatic heterocycles. The summed E-state index contributed by atoms with van der Waals surface area (Å²) in [5, 5.41) is 0. The van der Waals surface area contributed by atoms with Crippen LogP contribution in [0.25, 0.3) is 0 Å². The Labute approximate surface area is 126 Å². The Kier molecular flexibility index (Phi) is 5.24. The number of hydrogen-bond acceptors (Lipinski definition) is 4. The van der Waals surface area contributed by atoms with E-state index in [1.807, 2.05) is 0 Å². The van der Waals surface area contributed by atoms with Crippen LogP contribution in [-0.4, -0.2) is 21.6 Å². The summed E-state index contributed by atoms with van der Waals surface area (Å²) in [7, 11) is -2.12. The molecule has 0 heterocycles. The second-order valence-corrected chi connectivity index (χ2v) is 7.46. The van der Waals surface area contributed by atoms with Crippen LogP contribution in [0.5, 0.6) is 5.75 Å². The fourth-order valence-corrected chi connectivity index (χ4v) is 4.38. The van der Waals surface area contributed by atoms with E-state index in [4.69, 9.17) is 10.5 Å². The lowest BCUT2D eigenvalue weighted by molar-refractivity contribution is 0.327. The van der Waals surface area contributed by atoms with Crippen molar-refractivity contribution in [3.63, 3.8) is 0 Å². The summed E-state index contributed by atoms with van der Waals surface area (Å²) >= 11 is 0. The van der Waals surface area contributed by atoms with Crippen LogP contribution in [0.1, 0.15) is 38.2 Å². The Balaban J connectivity index is 2.26. The molecule has 0 amide bonds. The summed E-state index contributed by atoms with van der Waals surface area (Å²) in [5.74, 6) is 0.910. The molecule has 0 saturated heterocycles. The topological polar surface area (TPSA) is 81.4 Å². The van der Waals surface area contributed by atoms with Gasteiger partial charge in [-0.25, -0.2) is 13.1 Å². The van der Waals surface area contributed by atoms with Crippen LogP contribution in [0.4, 0.5) is 0 Å². The number of nitrogens with one attached hydrogen (secondary N) is 1. The molecular formula is C15H24N2O3S. The van der Waals surface area contributed by atoms with E-state index < -0.39 is 10.0 Å². The maximum absolute atomic E-state index is 12.6. The highest BCUT2D eigenvalue weighted by molar-refractivity contribution is 7.89. The summed E-state index contributed by atoms with van der Waals surface area (Å²) in [6.07, 6.45) is 4.01. The molecule has 1 aliphatic carbocycles. The number of methoxy groups -OCH3 is 1. The molecule has 1 aromatic rings. The Hall–Kier alpha value is -1.11. The maximum atomic E-state index is 12.6. The van der Waals surface area contributed by atoms with Crippen molar-refractivity contribution >= 4 is 10.0 Å². The van der Waals surface area contributed by atoms with Gasteiger partial charge in [0.1, 0.15) is 10.6 Å². The van der Waals surface area contributed by atoms with Crippen LogP contribution in [0.3, 0.4) is 0 Å². The Morgan fingerprint density at radius 1 is 1.38 bits per heavy atom. The second kappa shape index (κ2) is 6.77. The van der Waals surface area contributed by atoms with Gasteiger partial charge in [-0.3, -0.25) is 0 Å². The molecule has 3 N–H and O–H groups in total. The average molecular weight is 312 g/mol. The minimum absolute atomic E-state index is 0.00462. The predicted octanol–water partition coefficient (Wildman–Crippen LogP) is 2.01. The lowest BCUT2D eigenvalue weighted by Crippen LogP contribution is -2.38. The van der Waals surface area contributed by atoms with Gasteiger partial charge in [0.25, 0.3) is 0 Å². The van der Waals surface area contributed by atoms with E-state index in [9.17, 15) is 8.42 Å². The molecule has 0 bridgehead atoms. The van der Waals surface area contributed by atoms with Crippen LogP contribution in [-0.2, 0) is 16.6 Å². The number of nitrogens with two attached hydrogens (primary N) is 1. The minimum Gasteiger partial charge on any atom is -0.495 e. The van der Waals surface area contributed by atoms with Gasteiger partial charge in [-0.2, -0.15) is 0 Å². The van der Waals surface area contributed by atoms with Gasteiger partial charge < -0.3 is 10.5 Å². The van der Waals surface area contributed by atoms with Crippen molar-refractivity contribution in [3.8, 4) is 5.75 Å². The monoisotopic (exact) mass is 312 g/mol. The minimum atomic E-state index is -3.59. The first-order valence-electron chi connectivity index (χ1n) is 7.35. The number of benzene rings is 1. The molecular weight excluding hydrogens is 288 g/mol. The van der Waals surface area contributed by atoms with Crippen molar-refractivity contribution in [2.24, 2.45) is 11.7 Å². The van der Waals surface area contributed by atoms with E-state index in [2.05, 4.69) is 11.6 Å². The zero-order chi connectivity index (χ0) is 15.5. The molecule has 1 saturated carbocycles. The molecule has 0 aromatic heterocycles. The molecule has 2 rings (SSSR count). The molecule has 1 fully saturated rings. The van der Waals surface area contributed by atoms with E-state index in [1.165, 1.54) is 13.5 Å². The summed E-state index contributed by atoms with van der Waals surface area (Å²) in [6, 6.07) is 5.03. The van der Waals surface area contributed by atoms with Crippen LogP contribution in [0, 0.1) is 5.92 Å². The van der Waals surface area contributed by atoms with Gasteiger partial charge in [0, 0.05) is 12.6 Å². The quantitative estimate of drug-likeness (QED) is 0.871. The van der Waals surface area contributed by atoms with Crippen LogP contribution in [0.2, 0.25) is 0 Å². The molecule has 1 aliphatic rings. The van der Waals surface area contributed by atoms with Crippen LogP contribution < -0.4 is 15.2 Å². The first-order valence-corrected chi connectivity index (χ1v) is 8.84. The molecule has 2 unspecified atom stereocenters. The van der Waals surface area contributed by atoms with Gasteiger partial charge in [0.15, 0.2) is 0 Å². The third-order valence-electron chi connectivity index (χ3n) is 4.01. The van der Waals surface area contributed by atoms with Gasteiger partial charge in [-0.1, -0.05) is 25.8 Å². The normalized spacial score (nSPS) is 23.0. The van der Waals surface area contributed by atoms with Crippen LogP contribution in [0.15, 0.2) is 23.1 Å². The van der Waals surface area contributed by atoms with E-state index in [1.54, 1.807) is 18.2 Å². The SMILES string of the molecule is COc1ccc(CN)cc1S(=O)(=O)NC1CCCC(C)C1. The van der Waals surface area contributed by atoms with Gasteiger partial charge in [-0.05, 0) is 36.5 Å². The molecule has 5 nitrogen and oxygen atoms in total. The first-order chi connectivity index (χ1) is 9.96. The van der Waals surface area contributed by atoms with E-state index >= 15 is 0 Å². The van der Waals surface area contributed by atoms with E-state index in [0.29, 0.717) is 18.2 Å². The van der Waals surface area contributed by atoms with Crippen molar-refractivity contribution in [1.29, 1.82) is 0 Å². The van der Waals surface area contributed by atoms with Crippen molar-refractivity contribution in [3.05, 3.63) is 23.8 Å². The van der Waals surface area contributed by atoms with Gasteiger partial charge in [-0.15, -0.1) is 0 Å². The number of sulfonamides is 1. The molecule has 1 aromatic carbocycles. The molecule has 0 radical (unpaired) electrons. The summed E-state index contributed by atoms with van der Waals surface area (Å²) in [5.41, 5.74) is 6.37. The summed E-state index contributed by atoms with van der Waals surface area (Å²) in [4.78, 5) is 0.172.